The number of nitrogens with one attached hydrogen (secondary N) is 1. The number of hydrogen-bond donors (Lipinski definition) is 1. The van der Waals surface area contributed by atoms with Crippen molar-refractivity contribution in [3.63, 3.8) is 0 Å². The summed E-state index contributed by atoms with van der Waals surface area (Å²) in [6.45, 7) is 1.80. The number of nitrogens with zero attached hydrogens (tertiary/aromatic N) is 4. The van der Waals surface area contributed by atoms with Gasteiger partial charge < -0.3 is 0 Å². The van der Waals surface area contributed by atoms with Gasteiger partial charge in [0.05, 0.1) is 12.2 Å². The van der Waals surface area contributed by atoms with E-state index in [1.165, 1.54) is 23.0 Å². The van der Waals surface area contributed by atoms with Gasteiger partial charge in [0.2, 0.25) is 0 Å². The number of aromatic amines is 1. The molecule has 3 rings (SSSR count). The smallest absolute Gasteiger partial charge is 0.271 e. The first kappa shape index (κ1) is 11.5. The highest BCUT2D eigenvalue weighted by Gasteiger charge is 2.14. The molecule has 2 aromatic heterocycles. The van der Waals surface area contributed by atoms with E-state index >= 15 is 0 Å². The van der Waals surface area contributed by atoms with Gasteiger partial charge in [-0.05, 0) is 24.6 Å². The molecule has 7 heteroatoms. The van der Waals surface area contributed by atoms with Gasteiger partial charge in [-0.3, -0.25) is 9.89 Å². The second-order valence-corrected chi connectivity index (χ2v) is 4.20. The van der Waals surface area contributed by atoms with Gasteiger partial charge in [0.25, 0.3) is 5.56 Å². The van der Waals surface area contributed by atoms with Crippen LogP contribution in [0.15, 0.2) is 35.3 Å². The third-order valence-corrected chi connectivity index (χ3v) is 3.01. The van der Waals surface area contributed by atoms with Gasteiger partial charge in [-0.2, -0.15) is 5.10 Å². The van der Waals surface area contributed by atoms with Crippen LogP contribution in [0.2, 0.25) is 0 Å². The van der Waals surface area contributed by atoms with E-state index in [0.717, 1.165) is 5.56 Å². The summed E-state index contributed by atoms with van der Waals surface area (Å²) in [5, 5.41) is 14.1. The van der Waals surface area contributed by atoms with Crippen LogP contribution in [-0.4, -0.2) is 25.2 Å². The molecule has 1 atom stereocenters. The lowest BCUT2D eigenvalue weighted by Gasteiger charge is -2.12. The third-order valence-electron chi connectivity index (χ3n) is 3.01. The fraction of sp³-hybridized carbons (Fsp3) is 0.167. The summed E-state index contributed by atoms with van der Waals surface area (Å²) in [6, 6.07) is 5.59. The molecule has 1 N–H and O–H groups in total. The first-order valence-corrected chi connectivity index (χ1v) is 5.71. The Balaban J connectivity index is 2.10. The van der Waals surface area contributed by atoms with Crippen LogP contribution in [0.5, 0.6) is 0 Å². The lowest BCUT2D eigenvalue weighted by molar-refractivity contribution is 0.506. The maximum atomic E-state index is 12.9. The minimum atomic E-state index is -0.340. The fourth-order valence-corrected chi connectivity index (χ4v) is 1.90. The van der Waals surface area contributed by atoms with Crippen molar-refractivity contribution in [2.24, 2.45) is 0 Å². The Morgan fingerprint density at radius 2 is 2.05 bits per heavy atom. The van der Waals surface area contributed by atoms with Crippen molar-refractivity contribution in [2.45, 2.75) is 13.0 Å². The average molecular weight is 259 g/mol. The summed E-state index contributed by atoms with van der Waals surface area (Å²) in [4.78, 5) is 12.2. The van der Waals surface area contributed by atoms with E-state index in [1.54, 1.807) is 19.1 Å². The molecule has 0 fully saturated rings. The van der Waals surface area contributed by atoms with Crippen molar-refractivity contribution in [1.29, 1.82) is 0 Å². The molecule has 0 bridgehead atoms. The van der Waals surface area contributed by atoms with E-state index in [9.17, 15) is 9.18 Å². The predicted octanol–water partition coefficient (Wildman–Crippen LogP) is 1.26. The minimum Gasteiger partial charge on any atom is -0.271 e. The molecular formula is C12H10FN5O. The number of H-pyrrole nitrogens is 1. The van der Waals surface area contributed by atoms with E-state index in [4.69, 9.17) is 0 Å². The number of fused-ring (bicyclic) bond motifs is 1. The van der Waals surface area contributed by atoms with Gasteiger partial charge >= 0.3 is 0 Å². The lowest BCUT2D eigenvalue weighted by Crippen LogP contribution is -2.27. The zero-order valence-electron chi connectivity index (χ0n) is 10.0. The Hall–Kier alpha value is -2.57. The zero-order valence-corrected chi connectivity index (χ0v) is 10.0. The Morgan fingerprint density at radius 1 is 1.32 bits per heavy atom. The molecule has 0 aliphatic rings. The second kappa shape index (κ2) is 4.27. The molecule has 6 nitrogen and oxygen atoms in total. The molecule has 2 heterocycles. The Bertz CT molecular complexity index is 777. The number of rotatable bonds is 2. The zero-order chi connectivity index (χ0) is 13.4. The van der Waals surface area contributed by atoms with Crippen LogP contribution < -0.4 is 5.56 Å². The molecule has 0 unspecified atom stereocenters. The molecule has 0 saturated heterocycles. The molecule has 0 radical (unpaired) electrons. The number of hydrogen-bond acceptors (Lipinski definition) is 4. The highest BCUT2D eigenvalue weighted by molar-refractivity contribution is 5.70. The molecule has 0 spiro atoms. The molecule has 96 valence electrons. The summed E-state index contributed by atoms with van der Waals surface area (Å²) in [7, 11) is 0. The van der Waals surface area contributed by atoms with Crippen molar-refractivity contribution in [3.8, 4) is 0 Å². The maximum absolute atomic E-state index is 12.9. The van der Waals surface area contributed by atoms with Gasteiger partial charge in [-0.1, -0.05) is 17.3 Å². The van der Waals surface area contributed by atoms with Crippen LogP contribution in [0.1, 0.15) is 18.5 Å². The summed E-state index contributed by atoms with van der Waals surface area (Å²) in [6.07, 6.45) is 1.44. The summed E-state index contributed by atoms with van der Waals surface area (Å²) >= 11 is 0. The van der Waals surface area contributed by atoms with Crippen molar-refractivity contribution in [2.75, 3.05) is 0 Å². The molecule has 0 aliphatic carbocycles. The predicted molar refractivity (Wildman–Crippen MR) is 66.2 cm³/mol. The highest BCUT2D eigenvalue weighted by Crippen LogP contribution is 2.15. The third kappa shape index (κ3) is 1.88. The van der Waals surface area contributed by atoms with Gasteiger partial charge in [-0.25, -0.2) is 9.07 Å². The van der Waals surface area contributed by atoms with E-state index in [-0.39, 0.29) is 17.4 Å². The van der Waals surface area contributed by atoms with E-state index in [2.05, 4.69) is 20.5 Å². The monoisotopic (exact) mass is 259 g/mol. The van der Waals surface area contributed by atoms with Gasteiger partial charge in [0, 0.05) is 0 Å². The van der Waals surface area contributed by atoms with Crippen molar-refractivity contribution in [3.05, 3.63) is 52.2 Å². The largest absolute Gasteiger partial charge is 0.296 e. The van der Waals surface area contributed by atoms with Crippen LogP contribution in [0, 0.1) is 5.82 Å². The Morgan fingerprint density at radius 3 is 2.79 bits per heavy atom. The Kier molecular flexibility index (Phi) is 2.59. The topological polar surface area (TPSA) is 76.5 Å². The fourth-order valence-electron chi connectivity index (χ4n) is 1.90. The van der Waals surface area contributed by atoms with Gasteiger partial charge in [0.1, 0.15) is 11.3 Å². The van der Waals surface area contributed by atoms with Gasteiger partial charge in [-0.15, -0.1) is 5.10 Å². The molecule has 1 aromatic carbocycles. The average Bonchev–Trinajstić information content (AvgIpc) is 2.88. The summed E-state index contributed by atoms with van der Waals surface area (Å²) in [5.41, 5.74) is 1.20. The summed E-state index contributed by atoms with van der Waals surface area (Å²) in [5.74, 6) is -0.321. The number of aromatic nitrogens is 5. The Labute approximate surface area is 106 Å². The molecule has 19 heavy (non-hydrogen) atoms. The quantitative estimate of drug-likeness (QED) is 0.751. The maximum Gasteiger partial charge on any atom is 0.296 e. The van der Waals surface area contributed by atoms with Gasteiger partial charge in [0.15, 0.2) is 5.52 Å². The SMILES string of the molecule is C[C@H](c1ccc(F)cc1)n1nnc2cn[nH]c2c1=O. The van der Waals surface area contributed by atoms with Crippen LogP contribution >= 0.6 is 0 Å². The standard InChI is InChI=1S/C12H10FN5O/c1-7(8-2-4-9(13)5-3-8)18-12(19)11-10(15-17-18)6-14-16-11/h2-7H,1H3,(H,14,16)/t7-/m1/s1. The molecule has 0 saturated carbocycles. The van der Waals surface area contributed by atoms with Crippen molar-refractivity contribution < 1.29 is 4.39 Å². The van der Waals surface area contributed by atoms with E-state index in [0.29, 0.717) is 11.0 Å². The first-order valence-electron chi connectivity index (χ1n) is 5.71. The first-order chi connectivity index (χ1) is 9.16. The van der Waals surface area contributed by atoms with Crippen molar-refractivity contribution >= 4 is 11.0 Å². The van der Waals surface area contributed by atoms with Crippen LogP contribution in [0.4, 0.5) is 4.39 Å². The lowest BCUT2D eigenvalue weighted by atomic mass is 10.1. The molecule has 0 amide bonds. The van der Waals surface area contributed by atoms with Crippen LogP contribution in [-0.2, 0) is 0 Å². The van der Waals surface area contributed by atoms with Crippen LogP contribution in [0.3, 0.4) is 0 Å². The van der Waals surface area contributed by atoms with Crippen molar-refractivity contribution in [1.82, 2.24) is 25.2 Å². The number of halogens is 1. The summed E-state index contributed by atoms with van der Waals surface area (Å²) < 4.78 is 14.1. The second-order valence-electron chi connectivity index (χ2n) is 4.20. The molecule has 3 aromatic rings. The van der Waals surface area contributed by atoms with E-state index in [1.807, 2.05) is 0 Å². The number of benzene rings is 1. The molecule has 0 aliphatic heterocycles. The normalized spacial score (nSPS) is 12.7. The molecular weight excluding hydrogens is 249 g/mol. The highest BCUT2D eigenvalue weighted by atomic mass is 19.1. The van der Waals surface area contributed by atoms with E-state index < -0.39 is 0 Å². The van der Waals surface area contributed by atoms with Crippen LogP contribution in [0.25, 0.3) is 11.0 Å². The minimum absolute atomic E-state index is 0.306.